The van der Waals surface area contributed by atoms with Crippen LogP contribution in [0.3, 0.4) is 0 Å². The van der Waals surface area contributed by atoms with Gasteiger partial charge in [0.2, 0.25) is 12.7 Å². The zero-order valence-electron chi connectivity index (χ0n) is 17.9. The molecule has 0 spiro atoms. The fourth-order valence-corrected chi connectivity index (χ4v) is 5.09. The summed E-state index contributed by atoms with van der Waals surface area (Å²) in [5.74, 6) is 1.40. The third-order valence-corrected chi connectivity index (χ3v) is 7.12. The quantitative estimate of drug-likeness (QED) is 0.319. The first-order chi connectivity index (χ1) is 16.1. The largest absolute Gasteiger partial charge is 0.454 e. The Labute approximate surface area is 198 Å². The SMILES string of the molecule is Cc1ccc(CNC(=O)CSc2nc3ccsc3c(=O)n2Cc2ccc3c(c2)OCO3)cc1. The van der Waals surface area contributed by atoms with Crippen molar-refractivity contribution in [3.05, 3.63) is 81.0 Å². The zero-order valence-corrected chi connectivity index (χ0v) is 19.5. The maximum Gasteiger partial charge on any atom is 0.272 e. The van der Waals surface area contributed by atoms with Crippen LogP contribution in [0.2, 0.25) is 0 Å². The normalized spacial score (nSPS) is 12.3. The summed E-state index contributed by atoms with van der Waals surface area (Å²) >= 11 is 2.63. The Morgan fingerprint density at radius 1 is 1.12 bits per heavy atom. The highest BCUT2D eigenvalue weighted by Gasteiger charge is 2.17. The number of benzene rings is 2. The van der Waals surface area contributed by atoms with Gasteiger partial charge in [0.15, 0.2) is 16.7 Å². The molecule has 0 unspecified atom stereocenters. The number of rotatable bonds is 7. The molecule has 7 nitrogen and oxygen atoms in total. The number of amides is 1. The number of thiophene rings is 1. The van der Waals surface area contributed by atoms with E-state index in [4.69, 9.17) is 9.47 Å². The average molecular weight is 480 g/mol. The van der Waals surface area contributed by atoms with Crippen molar-refractivity contribution in [3.8, 4) is 11.5 Å². The van der Waals surface area contributed by atoms with Gasteiger partial charge in [0, 0.05) is 6.54 Å². The van der Waals surface area contributed by atoms with Gasteiger partial charge in [0.1, 0.15) is 4.70 Å². The highest BCUT2D eigenvalue weighted by atomic mass is 32.2. The lowest BCUT2D eigenvalue weighted by molar-refractivity contribution is -0.118. The molecule has 0 saturated carbocycles. The number of nitrogens with zero attached hydrogens (tertiary/aromatic N) is 2. The Morgan fingerprint density at radius 3 is 2.76 bits per heavy atom. The molecule has 2 aromatic heterocycles. The third-order valence-electron chi connectivity index (χ3n) is 5.25. The molecule has 0 saturated heterocycles. The van der Waals surface area contributed by atoms with Gasteiger partial charge in [-0.1, -0.05) is 47.7 Å². The molecular formula is C24H21N3O4S2. The van der Waals surface area contributed by atoms with E-state index >= 15 is 0 Å². The molecule has 2 aromatic carbocycles. The molecular weight excluding hydrogens is 458 g/mol. The van der Waals surface area contributed by atoms with E-state index in [1.165, 1.54) is 28.7 Å². The minimum absolute atomic E-state index is 0.116. The van der Waals surface area contributed by atoms with E-state index in [2.05, 4.69) is 10.3 Å². The standard InChI is InChI=1S/C24H21N3O4S2/c1-15-2-4-16(5-3-15)11-25-21(28)13-33-24-26-18-8-9-32-22(18)23(29)27(24)12-17-6-7-19-20(10-17)31-14-30-19/h2-10H,11-14H2,1H3,(H,25,28). The van der Waals surface area contributed by atoms with E-state index < -0.39 is 0 Å². The second-order valence-electron chi connectivity index (χ2n) is 7.66. The summed E-state index contributed by atoms with van der Waals surface area (Å²) in [5.41, 5.74) is 3.64. The summed E-state index contributed by atoms with van der Waals surface area (Å²) < 4.78 is 13.1. The summed E-state index contributed by atoms with van der Waals surface area (Å²) in [4.78, 5) is 30.3. The number of hydrogen-bond donors (Lipinski definition) is 1. The van der Waals surface area contributed by atoms with Crippen molar-refractivity contribution in [2.24, 2.45) is 0 Å². The van der Waals surface area contributed by atoms with Crippen molar-refractivity contribution in [1.29, 1.82) is 0 Å². The van der Waals surface area contributed by atoms with Crippen LogP contribution in [0.15, 0.2) is 63.9 Å². The van der Waals surface area contributed by atoms with Crippen LogP contribution in [-0.4, -0.2) is 28.0 Å². The van der Waals surface area contributed by atoms with E-state index in [0.29, 0.717) is 40.0 Å². The Morgan fingerprint density at radius 2 is 1.91 bits per heavy atom. The molecule has 0 radical (unpaired) electrons. The first kappa shape index (κ1) is 21.5. The molecule has 1 aliphatic rings. The van der Waals surface area contributed by atoms with Gasteiger partial charge in [-0.25, -0.2) is 4.98 Å². The van der Waals surface area contributed by atoms with Crippen LogP contribution < -0.4 is 20.3 Å². The molecule has 9 heteroatoms. The second kappa shape index (κ2) is 9.29. The fraction of sp³-hybridized carbons (Fsp3) is 0.208. The smallest absolute Gasteiger partial charge is 0.272 e. The van der Waals surface area contributed by atoms with Gasteiger partial charge in [0.05, 0.1) is 17.8 Å². The molecule has 0 atom stereocenters. The number of fused-ring (bicyclic) bond motifs is 2. The first-order valence-electron chi connectivity index (χ1n) is 10.4. The van der Waals surface area contributed by atoms with Crippen LogP contribution in [0, 0.1) is 6.92 Å². The predicted molar refractivity (Wildman–Crippen MR) is 129 cm³/mol. The van der Waals surface area contributed by atoms with Gasteiger partial charge in [-0.15, -0.1) is 11.3 Å². The molecule has 1 amide bonds. The fourth-order valence-electron chi connectivity index (χ4n) is 3.48. The lowest BCUT2D eigenvalue weighted by Crippen LogP contribution is -2.26. The number of nitrogens with one attached hydrogen (secondary N) is 1. The summed E-state index contributed by atoms with van der Waals surface area (Å²) in [6, 6.07) is 15.5. The van der Waals surface area contributed by atoms with Crippen LogP contribution in [-0.2, 0) is 17.9 Å². The lowest BCUT2D eigenvalue weighted by atomic mass is 10.1. The van der Waals surface area contributed by atoms with E-state index in [1.54, 1.807) is 4.57 Å². The van der Waals surface area contributed by atoms with Crippen LogP contribution >= 0.6 is 23.1 Å². The van der Waals surface area contributed by atoms with Gasteiger partial charge in [-0.3, -0.25) is 14.2 Å². The van der Waals surface area contributed by atoms with Crippen molar-refractivity contribution in [2.45, 2.75) is 25.2 Å². The van der Waals surface area contributed by atoms with E-state index in [-0.39, 0.29) is 24.0 Å². The number of thioether (sulfide) groups is 1. The molecule has 0 bridgehead atoms. The van der Waals surface area contributed by atoms with Crippen LogP contribution in [0.25, 0.3) is 10.2 Å². The Hall–Kier alpha value is -3.30. The van der Waals surface area contributed by atoms with Crippen LogP contribution in [0.4, 0.5) is 0 Å². The number of hydrogen-bond acceptors (Lipinski definition) is 7. The van der Waals surface area contributed by atoms with Crippen LogP contribution in [0.1, 0.15) is 16.7 Å². The summed E-state index contributed by atoms with van der Waals surface area (Å²) in [6.45, 7) is 3.00. The molecule has 4 aromatic rings. The topological polar surface area (TPSA) is 82.5 Å². The predicted octanol–water partition coefficient (Wildman–Crippen LogP) is 3.95. The Kier molecular flexibility index (Phi) is 6.06. The molecule has 5 rings (SSSR count). The third kappa shape index (κ3) is 4.74. The summed E-state index contributed by atoms with van der Waals surface area (Å²) in [5, 5.41) is 5.29. The highest BCUT2D eigenvalue weighted by molar-refractivity contribution is 7.99. The Bertz CT molecular complexity index is 1380. The van der Waals surface area contributed by atoms with E-state index in [9.17, 15) is 9.59 Å². The molecule has 33 heavy (non-hydrogen) atoms. The molecule has 1 N–H and O–H groups in total. The second-order valence-corrected chi connectivity index (χ2v) is 9.52. The maximum absolute atomic E-state index is 13.2. The monoisotopic (exact) mass is 479 g/mol. The van der Waals surface area contributed by atoms with Crippen molar-refractivity contribution in [1.82, 2.24) is 14.9 Å². The van der Waals surface area contributed by atoms with E-state index in [0.717, 1.165) is 11.1 Å². The first-order valence-corrected chi connectivity index (χ1v) is 12.2. The number of carbonyl (C=O) groups excluding carboxylic acids is 1. The summed E-state index contributed by atoms with van der Waals surface area (Å²) in [6.07, 6.45) is 0. The van der Waals surface area contributed by atoms with Gasteiger partial charge in [0.25, 0.3) is 5.56 Å². The molecule has 3 heterocycles. The minimum atomic E-state index is -0.116. The number of carbonyl (C=O) groups is 1. The van der Waals surface area contributed by atoms with Crippen molar-refractivity contribution < 1.29 is 14.3 Å². The zero-order chi connectivity index (χ0) is 22.8. The summed E-state index contributed by atoms with van der Waals surface area (Å²) in [7, 11) is 0. The minimum Gasteiger partial charge on any atom is -0.454 e. The molecule has 0 aliphatic carbocycles. The molecule has 0 fully saturated rings. The number of aryl methyl sites for hydroxylation is 1. The number of aromatic nitrogens is 2. The highest BCUT2D eigenvalue weighted by Crippen LogP contribution is 2.33. The van der Waals surface area contributed by atoms with Gasteiger partial charge in [-0.05, 0) is 41.6 Å². The van der Waals surface area contributed by atoms with Crippen molar-refractivity contribution in [3.63, 3.8) is 0 Å². The van der Waals surface area contributed by atoms with Gasteiger partial charge >= 0.3 is 0 Å². The van der Waals surface area contributed by atoms with Crippen LogP contribution in [0.5, 0.6) is 11.5 Å². The lowest BCUT2D eigenvalue weighted by Gasteiger charge is -2.13. The Balaban J connectivity index is 1.34. The van der Waals surface area contributed by atoms with Gasteiger partial charge < -0.3 is 14.8 Å². The number of ether oxygens (including phenoxy) is 2. The molecule has 1 aliphatic heterocycles. The average Bonchev–Trinajstić information content (AvgIpc) is 3.48. The maximum atomic E-state index is 13.2. The van der Waals surface area contributed by atoms with Crippen molar-refractivity contribution in [2.75, 3.05) is 12.5 Å². The van der Waals surface area contributed by atoms with Crippen molar-refractivity contribution >= 4 is 39.2 Å². The van der Waals surface area contributed by atoms with E-state index in [1.807, 2.05) is 60.8 Å². The van der Waals surface area contributed by atoms with Gasteiger partial charge in [-0.2, -0.15) is 0 Å². The molecule has 168 valence electrons.